The normalized spacial score (nSPS) is 14.8. The molecule has 1 atom stereocenters. The predicted molar refractivity (Wildman–Crippen MR) is 224 cm³/mol. The lowest BCUT2D eigenvalue weighted by Gasteiger charge is -2.27. The first kappa shape index (κ1) is 46.1. The van der Waals surface area contributed by atoms with Crippen molar-refractivity contribution in [3.8, 4) is 0 Å². The molecule has 2 fully saturated rings. The number of halogens is 6. The largest absolute Gasteiger partial charge is 0.396 e. The molecule has 332 valence electrons. The molecule has 4 N–H and O–H groups in total. The number of fused-ring (bicyclic) bond motifs is 2. The van der Waals surface area contributed by atoms with Gasteiger partial charge in [-0.2, -0.15) is 0 Å². The molecule has 0 spiro atoms. The van der Waals surface area contributed by atoms with Crippen LogP contribution in [-0.2, 0) is 14.3 Å². The van der Waals surface area contributed by atoms with Crippen LogP contribution in [0.1, 0.15) is 61.4 Å². The van der Waals surface area contributed by atoms with E-state index in [1.165, 1.54) is 30.3 Å². The summed E-state index contributed by atoms with van der Waals surface area (Å²) in [5.74, 6) is -8.85. The van der Waals surface area contributed by atoms with Gasteiger partial charge in [-0.25, -0.2) is 36.3 Å². The van der Waals surface area contributed by atoms with Crippen molar-refractivity contribution in [3.05, 3.63) is 118 Å². The van der Waals surface area contributed by atoms with Crippen LogP contribution in [-0.4, -0.2) is 89.3 Å². The van der Waals surface area contributed by atoms with Gasteiger partial charge >= 0.3 is 0 Å². The number of aromatic nitrogens is 4. The number of anilines is 4. The first-order valence-corrected chi connectivity index (χ1v) is 19.3. The first-order valence-electron chi connectivity index (χ1n) is 19.3. The zero-order chi connectivity index (χ0) is 44.5. The van der Waals surface area contributed by atoms with E-state index in [4.69, 9.17) is 15.2 Å². The molecule has 6 aromatic rings. The van der Waals surface area contributed by atoms with Crippen molar-refractivity contribution in [2.24, 2.45) is 5.41 Å². The summed E-state index contributed by atoms with van der Waals surface area (Å²) in [7, 11) is 0. The summed E-state index contributed by atoms with van der Waals surface area (Å²) in [5.41, 5.74) is 3.15. The number of morpholine rings is 2. The number of aliphatic hydroxyl groups excluding tert-OH is 1. The maximum atomic E-state index is 15.2. The Morgan fingerprint density at radius 1 is 0.714 bits per heavy atom. The molecule has 1 unspecified atom stereocenters. The number of nitrogens with one attached hydrogen (secondary N) is 1. The molecule has 0 bridgehead atoms. The Hall–Kier alpha value is -6.44. The van der Waals surface area contributed by atoms with E-state index in [1.54, 1.807) is 39.2 Å². The lowest BCUT2D eigenvalue weighted by Crippen LogP contribution is -2.36. The van der Waals surface area contributed by atoms with Crippen LogP contribution in [0.25, 0.3) is 22.1 Å². The molecule has 0 radical (unpaired) electrons. The second-order valence-electron chi connectivity index (χ2n) is 15.4. The van der Waals surface area contributed by atoms with E-state index in [1.807, 2.05) is 9.80 Å². The Labute approximate surface area is 357 Å². The minimum atomic E-state index is -1.85. The van der Waals surface area contributed by atoms with Crippen molar-refractivity contribution in [1.82, 2.24) is 19.9 Å². The van der Waals surface area contributed by atoms with Gasteiger partial charge in [0, 0.05) is 49.3 Å². The summed E-state index contributed by atoms with van der Waals surface area (Å²) in [6.07, 6.45) is 1.39. The molecule has 4 aromatic carbocycles. The predicted octanol–water partition coefficient (Wildman–Crippen LogP) is 7.28. The Morgan fingerprint density at radius 2 is 1.24 bits per heavy atom. The number of nitrogens with two attached hydrogens (primary N) is 1. The van der Waals surface area contributed by atoms with Crippen molar-refractivity contribution in [1.29, 1.82) is 0 Å². The number of benzene rings is 4. The number of nitrogen functional groups attached to an aromatic ring is 1. The molecule has 2 aliphatic heterocycles. The summed E-state index contributed by atoms with van der Waals surface area (Å²) >= 11 is 0. The minimum Gasteiger partial charge on any atom is -0.396 e. The molecule has 0 aliphatic carbocycles. The molecule has 8 rings (SSSR count). The quantitative estimate of drug-likeness (QED) is 0.0635. The number of aliphatic hydroxyl groups is 1. The van der Waals surface area contributed by atoms with Crippen LogP contribution in [0.15, 0.2) is 60.9 Å². The number of hydrogen-bond acceptors (Lipinski definition) is 12. The van der Waals surface area contributed by atoms with E-state index in [9.17, 15) is 36.6 Å². The number of ether oxygens (including phenoxy) is 2. The molecular weight excluding hydrogens is 835 g/mol. The molecule has 13 nitrogen and oxygen atoms in total. The van der Waals surface area contributed by atoms with Crippen LogP contribution in [0.2, 0.25) is 0 Å². The van der Waals surface area contributed by atoms with Gasteiger partial charge in [-0.3, -0.25) is 19.6 Å². The average molecular weight is 879 g/mol. The van der Waals surface area contributed by atoms with Crippen molar-refractivity contribution in [3.63, 3.8) is 0 Å². The lowest BCUT2D eigenvalue weighted by atomic mass is 9.95. The second-order valence-corrected chi connectivity index (χ2v) is 15.4. The summed E-state index contributed by atoms with van der Waals surface area (Å²) in [6, 6.07) is 9.75. The van der Waals surface area contributed by atoms with Gasteiger partial charge < -0.3 is 35.4 Å². The first-order chi connectivity index (χ1) is 29.5. The standard InChI is InChI=1S/C24H25F3N4O3.C19H15F3N4O2.CH4/c1-24(2,3)23(33)30-17-11-14(25)20(26)19(21(17)27)22(32)13-4-5-15-16(10-13)29-18(12-28-15)31-6-8-34-9-7-31;20-11-8-12(23)18(22)16(17(11)21)19(27)10-1-2-13-14(7-10)25-15(9-24-13)26-3-5-28-6-4-26;/h4-5,10-12,22,32H,6-9H2,1-3H3,(H,30,33);1-2,7-9H,3-6,23H2;1H4. The maximum Gasteiger partial charge on any atom is 0.229 e. The van der Waals surface area contributed by atoms with E-state index >= 15 is 4.39 Å². The monoisotopic (exact) mass is 878 g/mol. The van der Waals surface area contributed by atoms with Crippen molar-refractivity contribution in [2.75, 3.05) is 73.5 Å². The molecule has 0 saturated carbocycles. The molecule has 2 aromatic heterocycles. The third kappa shape index (κ3) is 9.80. The Balaban J connectivity index is 0.000000210. The minimum absolute atomic E-state index is 0. The van der Waals surface area contributed by atoms with E-state index in [0.29, 0.717) is 98.4 Å². The number of rotatable bonds is 7. The zero-order valence-corrected chi connectivity index (χ0v) is 33.6. The molecule has 19 heteroatoms. The summed E-state index contributed by atoms with van der Waals surface area (Å²) < 4.78 is 96.6. The van der Waals surface area contributed by atoms with Gasteiger partial charge in [0.15, 0.2) is 40.7 Å². The Morgan fingerprint density at radius 3 is 1.79 bits per heavy atom. The van der Waals surface area contributed by atoms with E-state index in [2.05, 4.69) is 25.3 Å². The zero-order valence-electron chi connectivity index (χ0n) is 33.6. The van der Waals surface area contributed by atoms with Crippen LogP contribution >= 0.6 is 0 Å². The lowest BCUT2D eigenvalue weighted by molar-refractivity contribution is -0.123. The molecule has 2 aliphatic rings. The molecule has 4 heterocycles. The average Bonchev–Trinajstić information content (AvgIpc) is 3.27. The fourth-order valence-electron chi connectivity index (χ4n) is 6.62. The molecular formula is C44H44F6N8O5. The fraction of sp³-hybridized carbons (Fsp3) is 0.318. The number of carbonyl (C=O) groups excluding carboxylic acids is 2. The Kier molecular flexibility index (Phi) is 13.8. The van der Waals surface area contributed by atoms with Gasteiger partial charge in [0.2, 0.25) is 5.91 Å². The smallest absolute Gasteiger partial charge is 0.229 e. The maximum absolute atomic E-state index is 15.2. The highest BCUT2D eigenvalue weighted by molar-refractivity contribution is 6.11. The van der Waals surface area contributed by atoms with Gasteiger partial charge in [-0.1, -0.05) is 34.3 Å². The summed E-state index contributed by atoms with van der Waals surface area (Å²) in [5, 5.41) is 13.1. The third-order valence-electron chi connectivity index (χ3n) is 10.1. The molecule has 1 amide bonds. The highest BCUT2D eigenvalue weighted by atomic mass is 19.2. The van der Waals surface area contributed by atoms with Crippen molar-refractivity contribution >= 4 is 56.8 Å². The number of ketones is 1. The van der Waals surface area contributed by atoms with Crippen molar-refractivity contribution in [2.45, 2.75) is 34.3 Å². The van der Waals surface area contributed by atoms with Crippen LogP contribution in [0.3, 0.4) is 0 Å². The van der Waals surface area contributed by atoms with Gasteiger partial charge in [-0.05, 0) is 35.9 Å². The van der Waals surface area contributed by atoms with E-state index in [-0.39, 0.29) is 18.6 Å². The molecule has 2 saturated heterocycles. The fourth-order valence-corrected chi connectivity index (χ4v) is 6.62. The number of amides is 1. The van der Waals surface area contributed by atoms with Crippen LogP contribution in [0.4, 0.5) is 49.4 Å². The SMILES string of the molecule is C.CC(C)(C)C(=O)Nc1cc(F)c(F)c(C(O)c2ccc3ncc(N4CCOCC4)nc3c2)c1F.Nc1cc(F)c(F)c(C(=O)c2ccc3ncc(N4CCOCC4)nc3c2)c1F. The summed E-state index contributed by atoms with van der Waals surface area (Å²) in [4.78, 5) is 46.6. The van der Waals surface area contributed by atoms with Gasteiger partial charge in [0.25, 0.3) is 0 Å². The molecule has 63 heavy (non-hydrogen) atoms. The van der Waals surface area contributed by atoms with Gasteiger partial charge in [0.05, 0.1) is 83.4 Å². The van der Waals surface area contributed by atoms with Gasteiger partial charge in [0.1, 0.15) is 17.7 Å². The summed E-state index contributed by atoms with van der Waals surface area (Å²) in [6.45, 7) is 9.63. The second kappa shape index (κ2) is 18.9. The topological polar surface area (TPSA) is 169 Å². The van der Waals surface area contributed by atoms with Crippen molar-refractivity contribution < 1.29 is 50.5 Å². The van der Waals surface area contributed by atoms with E-state index in [0.717, 1.165) is 0 Å². The van der Waals surface area contributed by atoms with E-state index < -0.39 is 80.6 Å². The Bertz CT molecular complexity index is 2660. The van der Waals surface area contributed by atoms with Crippen LogP contribution in [0, 0.1) is 40.3 Å². The highest BCUT2D eigenvalue weighted by Crippen LogP contribution is 2.34. The highest BCUT2D eigenvalue weighted by Gasteiger charge is 2.30. The van der Waals surface area contributed by atoms with Crippen LogP contribution in [0.5, 0.6) is 0 Å². The van der Waals surface area contributed by atoms with Gasteiger partial charge in [-0.15, -0.1) is 0 Å². The van der Waals surface area contributed by atoms with Crippen LogP contribution < -0.4 is 20.9 Å². The number of nitrogens with zero attached hydrogens (tertiary/aromatic N) is 6. The number of carbonyl (C=O) groups is 2. The number of hydrogen-bond donors (Lipinski definition) is 3. The third-order valence-corrected chi connectivity index (χ3v) is 10.1.